The molecule has 9 atom stereocenters. The first-order chi connectivity index (χ1) is 23.4. The molecule has 0 saturated heterocycles. The fourth-order valence-electron chi connectivity index (χ4n) is 6.93. The number of methoxy groups -OCH3 is 1. The van der Waals surface area contributed by atoms with E-state index in [0.29, 0.717) is 16.7 Å². The number of phenols is 2. The molecule has 13 nitrogen and oxygen atoms in total. The molecule has 0 aliphatic carbocycles. The summed E-state index contributed by atoms with van der Waals surface area (Å²) in [6.45, 7) is 13.0. The van der Waals surface area contributed by atoms with Gasteiger partial charge in [-0.1, -0.05) is 45.9 Å². The van der Waals surface area contributed by atoms with Crippen molar-refractivity contribution < 1.29 is 54.1 Å². The Balaban J connectivity index is 1.87. The molecule has 4 N–H and O–H groups in total. The SMILES string of the molecule is COC1/C=C/OC2(C)Oc3c(C)c(C)c4c(O)c(cc(O)c4c3C2=O)CC(=O)/C(C)=C\C=C\C(C)C(O)C(C)C(O)C(C)C(O[N+](=O)[O-])C1C. The van der Waals surface area contributed by atoms with Crippen molar-refractivity contribution in [1.29, 1.82) is 0 Å². The summed E-state index contributed by atoms with van der Waals surface area (Å²) < 4.78 is 17.6. The van der Waals surface area contributed by atoms with Crippen LogP contribution in [-0.2, 0) is 25.5 Å². The fourth-order valence-corrected chi connectivity index (χ4v) is 6.93. The van der Waals surface area contributed by atoms with Gasteiger partial charge in [-0.3, -0.25) is 9.59 Å². The van der Waals surface area contributed by atoms with Crippen LogP contribution < -0.4 is 4.74 Å². The van der Waals surface area contributed by atoms with Crippen molar-refractivity contribution in [2.45, 2.75) is 92.0 Å². The lowest BCUT2D eigenvalue weighted by molar-refractivity contribution is -0.773. The van der Waals surface area contributed by atoms with Crippen molar-refractivity contribution >= 4 is 22.3 Å². The summed E-state index contributed by atoms with van der Waals surface area (Å²) in [4.78, 5) is 43.9. The van der Waals surface area contributed by atoms with Crippen LogP contribution in [0.15, 0.2) is 42.2 Å². The summed E-state index contributed by atoms with van der Waals surface area (Å²) in [6.07, 6.45) is 2.84. The van der Waals surface area contributed by atoms with Crippen LogP contribution >= 0.6 is 0 Å². The monoisotopic (exact) mass is 697 g/mol. The largest absolute Gasteiger partial charge is 0.507 e. The van der Waals surface area contributed by atoms with E-state index in [-0.39, 0.29) is 51.4 Å². The summed E-state index contributed by atoms with van der Waals surface area (Å²) in [5.74, 6) is -6.16. The molecule has 0 aromatic heterocycles. The Bertz CT molecular complexity index is 1760. The Morgan fingerprint density at radius 1 is 0.960 bits per heavy atom. The molecule has 2 aromatic rings. The molecule has 0 fully saturated rings. The molecule has 13 heteroatoms. The minimum Gasteiger partial charge on any atom is -0.507 e. The van der Waals surface area contributed by atoms with E-state index in [1.54, 1.807) is 66.7 Å². The van der Waals surface area contributed by atoms with Gasteiger partial charge in [-0.05, 0) is 49.6 Å². The molecule has 0 amide bonds. The maximum Gasteiger partial charge on any atom is 0.312 e. The van der Waals surface area contributed by atoms with E-state index in [1.165, 1.54) is 32.4 Å². The number of carbonyl (C=O) groups excluding carboxylic acids is 2. The number of ketones is 2. The maximum absolute atomic E-state index is 14.0. The number of rotatable bonds is 3. The number of aliphatic hydroxyl groups excluding tert-OH is 2. The van der Waals surface area contributed by atoms with Crippen molar-refractivity contribution in [3.63, 3.8) is 0 Å². The molecule has 0 spiro atoms. The molecule has 3 heterocycles. The van der Waals surface area contributed by atoms with Gasteiger partial charge in [0.25, 0.3) is 10.9 Å². The number of hydrogen-bond donors (Lipinski definition) is 4. The van der Waals surface area contributed by atoms with E-state index in [9.17, 15) is 40.1 Å². The van der Waals surface area contributed by atoms with Gasteiger partial charge >= 0.3 is 5.79 Å². The predicted octanol–water partition coefficient (Wildman–Crippen LogP) is 5.18. The molecule has 5 rings (SSSR count). The molecule has 272 valence electrons. The van der Waals surface area contributed by atoms with Crippen LogP contribution in [0.4, 0.5) is 0 Å². The minimum atomic E-state index is -1.91. The number of allylic oxidation sites excluding steroid dienone is 3. The minimum absolute atomic E-state index is 0.00435. The molecule has 3 aliphatic heterocycles. The summed E-state index contributed by atoms with van der Waals surface area (Å²) in [7, 11) is 1.38. The van der Waals surface area contributed by atoms with Crippen molar-refractivity contribution in [3.8, 4) is 17.2 Å². The number of aromatic hydroxyl groups is 2. The number of aryl methyl sites for hydroxylation is 1. The number of hydrogen-bond acceptors (Lipinski definition) is 12. The van der Waals surface area contributed by atoms with Crippen molar-refractivity contribution in [1.82, 2.24) is 0 Å². The van der Waals surface area contributed by atoms with Gasteiger partial charge < -0.3 is 39.5 Å². The molecule has 0 saturated carbocycles. The number of nitrogens with zero attached hydrogens (tertiary/aromatic N) is 1. The highest BCUT2D eigenvalue weighted by Gasteiger charge is 2.49. The molecule has 0 radical (unpaired) electrons. The van der Waals surface area contributed by atoms with Crippen molar-refractivity contribution in [3.05, 3.63) is 74.6 Å². The first-order valence-electron chi connectivity index (χ1n) is 16.5. The number of Topliss-reactive ketones (excluding diaryl/α,β-unsaturated/α-hetero) is 2. The smallest absolute Gasteiger partial charge is 0.312 e. The number of ether oxygens (including phenoxy) is 3. The Hall–Kier alpha value is -4.46. The van der Waals surface area contributed by atoms with E-state index < -0.39 is 64.7 Å². The number of phenolic OH excluding ortho intramolecular Hbond substituents is 2. The quantitative estimate of drug-likeness (QED) is 0.187. The van der Waals surface area contributed by atoms with Crippen LogP contribution in [0.1, 0.15) is 68.6 Å². The average Bonchev–Trinajstić information content (AvgIpc) is 3.33. The molecule has 50 heavy (non-hydrogen) atoms. The Kier molecular flexibility index (Phi) is 11.3. The standard InChI is InChI=1S/C37H47NO12/c1-17-11-10-12-18(2)31(41)22(6)32(42)23(7)34(50-38(45)46)21(5)27(47-9)13-14-48-37(8)36(44)30-29-26(40)16-24(15-25(17)39)33(43)28(29)19(3)20(4)35(30)49-37/h10-14,16,18,21-23,27,31-32,34,40-43H,15H2,1-9H3/b12-10+,14-13+,17-11-. The highest BCUT2D eigenvalue weighted by molar-refractivity contribution is 6.19. The zero-order valence-corrected chi connectivity index (χ0v) is 29.8. The third-order valence-electron chi connectivity index (χ3n) is 10.4. The van der Waals surface area contributed by atoms with Gasteiger partial charge in [0.15, 0.2) is 5.78 Å². The first kappa shape index (κ1) is 38.3. The van der Waals surface area contributed by atoms with Gasteiger partial charge in [-0.2, -0.15) is 0 Å². The van der Waals surface area contributed by atoms with E-state index in [1.807, 2.05) is 0 Å². The predicted molar refractivity (Wildman–Crippen MR) is 183 cm³/mol. The summed E-state index contributed by atoms with van der Waals surface area (Å²) in [5.41, 5.74) is 1.55. The molecule has 3 aliphatic rings. The number of aliphatic hydroxyl groups is 2. The van der Waals surface area contributed by atoms with Crippen LogP contribution in [0.3, 0.4) is 0 Å². The lowest BCUT2D eigenvalue weighted by Crippen LogP contribution is -2.46. The molecule has 5 bridgehead atoms. The maximum atomic E-state index is 14.0. The normalized spacial score (nSPS) is 33.4. The van der Waals surface area contributed by atoms with Gasteiger partial charge in [0.1, 0.15) is 23.4 Å². The van der Waals surface area contributed by atoms with Crippen LogP contribution in [0.25, 0.3) is 10.8 Å². The van der Waals surface area contributed by atoms with Crippen molar-refractivity contribution in [2.24, 2.45) is 23.7 Å². The third-order valence-corrected chi connectivity index (χ3v) is 10.4. The van der Waals surface area contributed by atoms with Gasteiger partial charge in [0.2, 0.25) is 0 Å². The number of carbonyl (C=O) groups is 2. The van der Waals surface area contributed by atoms with Crippen LogP contribution in [0.2, 0.25) is 0 Å². The van der Waals surface area contributed by atoms with E-state index in [4.69, 9.17) is 19.0 Å². The van der Waals surface area contributed by atoms with Crippen molar-refractivity contribution in [2.75, 3.05) is 7.11 Å². The summed E-state index contributed by atoms with van der Waals surface area (Å²) in [6, 6.07) is 1.26. The zero-order valence-electron chi connectivity index (χ0n) is 29.8. The topological polar surface area (TPSA) is 195 Å². The zero-order chi connectivity index (χ0) is 37.4. The second-order valence-electron chi connectivity index (χ2n) is 13.7. The summed E-state index contributed by atoms with van der Waals surface area (Å²) >= 11 is 0. The van der Waals surface area contributed by atoms with Gasteiger partial charge in [-0.15, -0.1) is 10.1 Å². The molecular formula is C37H47NO12. The highest BCUT2D eigenvalue weighted by atomic mass is 17.0. The Labute approximate surface area is 290 Å². The van der Waals surface area contributed by atoms with Crippen LogP contribution in [0, 0.1) is 47.6 Å². The Morgan fingerprint density at radius 3 is 2.24 bits per heavy atom. The highest BCUT2D eigenvalue weighted by Crippen LogP contribution is 2.50. The van der Waals surface area contributed by atoms with Crippen LogP contribution in [-0.4, -0.2) is 74.4 Å². The van der Waals surface area contributed by atoms with E-state index >= 15 is 0 Å². The first-order valence-corrected chi connectivity index (χ1v) is 16.5. The average molecular weight is 698 g/mol. The summed E-state index contributed by atoms with van der Waals surface area (Å²) in [5, 5.41) is 56.1. The number of benzene rings is 2. The van der Waals surface area contributed by atoms with Gasteiger partial charge in [0, 0.05) is 60.5 Å². The Morgan fingerprint density at radius 2 is 1.62 bits per heavy atom. The lowest BCUT2D eigenvalue weighted by Gasteiger charge is -2.37. The van der Waals surface area contributed by atoms with E-state index in [0.717, 1.165) is 0 Å². The van der Waals surface area contributed by atoms with Gasteiger partial charge in [0.05, 0.1) is 30.1 Å². The lowest BCUT2D eigenvalue weighted by atomic mass is 9.78. The second-order valence-corrected chi connectivity index (χ2v) is 13.7. The molecular weight excluding hydrogens is 650 g/mol. The van der Waals surface area contributed by atoms with E-state index in [2.05, 4.69) is 0 Å². The van der Waals surface area contributed by atoms with Crippen LogP contribution in [0.5, 0.6) is 17.2 Å². The second kappa shape index (κ2) is 14.8. The van der Waals surface area contributed by atoms with Gasteiger partial charge in [-0.25, -0.2) is 0 Å². The number of fused-ring (bicyclic) bond motifs is 14. The molecule has 9 unspecified atom stereocenters. The fraction of sp³-hybridized carbons (Fsp3) is 0.514. The third kappa shape index (κ3) is 7.07. The molecule has 2 aromatic carbocycles.